The first-order valence-corrected chi connectivity index (χ1v) is 6.97. The molecule has 0 heterocycles. The average molecular weight is 237 g/mol. The quantitative estimate of drug-likeness (QED) is 0.588. The van der Waals surface area contributed by atoms with Crippen LogP contribution in [0.5, 0.6) is 0 Å². The summed E-state index contributed by atoms with van der Waals surface area (Å²) in [4.78, 5) is 2.03. The molecule has 0 rings (SSSR count). The highest BCUT2D eigenvalue weighted by Gasteiger charge is 2.19. The third kappa shape index (κ3) is 6.09. The molecular weight excluding hydrogens is 214 g/mol. The number of hydrogen-bond donors (Lipinski definition) is 0. The largest absolute Gasteiger partial charge is 0.308 e. The van der Waals surface area contributed by atoms with E-state index in [1.54, 1.807) is 12.1 Å². The van der Waals surface area contributed by atoms with Crippen molar-refractivity contribution in [2.45, 2.75) is 13.3 Å². The molecule has 0 aromatic heterocycles. The lowest BCUT2D eigenvalue weighted by molar-refractivity contribution is 0.0843. The first kappa shape index (κ1) is 14.8. The molecule has 0 amide bonds. The predicted octanol–water partition coefficient (Wildman–Crippen LogP) is 0.0664. The molecule has 6 heteroatoms. The molecule has 5 nitrogen and oxygen atoms in total. The standard InChI is InChI=1S/C9H23N3O2S/c1-6-7-12(15(5,13)14)11(4)9-8-10(2)3/h6-9H2,1-5H3. The van der Waals surface area contributed by atoms with Crippen LogP contribution in [0.4, 0.5) is 0 Å². The van der Waals surface area contributed by atoms with Gasteiger partial charge in [0.05, 0.1) is 6.26 Å². The van der Waals surface area contributed by atoms with E-state index >= 15 is 0 Å². The van der Waals surface area contributed by atoms with Gasteiger partial charge >= 0.3 is 0 Å². The normalized spacial score (nSPS) is 13.1. The topological polar surface area (TPSA) is 43.9 Å². The number of nitrogens with zero attached hydrogens (tertiary/aromatic N) is 3. The summed E-state index contributed by atoms with van der Waals surface area (Å²) in [5, 5.41) is 1.76. The SMILES string of the molecule is CCCN(N(C)CCN(C)C)S(C)(=O)=O. The highest BCUT2D eigenvalue weighted by atomic mass is 32.2. The van der Waals surface area contributed by atoms with E-state index in [0.29, 0.717) is 13.1 Å². The molecular formula is C9H23N3O2S. The summed E-state index contributed by atoms with van der Waals surface area (Å²) in [6.45, 7) is 4.06. The summed E-state index contributed by atoms with van der Waals surface area (Å²) in [5.41, 5.74) is 0. The molecule has 0 aromatic carbocycles. The molecule has 0 spiro atoms. The maximum Gasteiger partial charge on any atom is 0.224 e. The summed E-state index contributed by atoms with van der Waals surface area (Å²) in [6.07, 6.45) is 2.06. The molecule has 0 unspecified atom stereocenters. The Bertz CT molecular complexity index is 265. The van der Waals surface area contributed by atoms with E-state index in [4.69, 9.17) is 0 Å². The summed E-state index contributed by atoms with van der Waals surface area (Å²) in [7, 11) is 2.61. The number of rotatable bonds is 7. The first-order valence-electron chi connectivity index (χ1n) is 5.12. The maximum absolute atomic E-state index is 11.5. The zero-order valence-electron chi connectivity index (χ0n) is 10.4. The van der Waals surface area contributed by atoms with Crippen molar-refractivity contribution in [3.05, 3.63) is 0 Å². The van der Waals surface area contributed by atoms with Crippen molar-refractivity contribution in [2.75, 3.05) is 47.0 Å². The summed E-state index contributed by atoms with van der Waals surface area (Å²) >= 11 is 0. The minimum Gasteiger partial charge on any atom is -0.308 e. The molecule has 0 aromatic rings. The van der Waals surface area contributed by atoms with Gasteiger partial charge < -0.3 is 4.90 Å². The van der Waals surface area contributed by atoms with Crippen molar-refractivity contribution in [1.29, 1.82) is 0 Å². The van der Waals surface area contributed by atoms with Gasteiger partial charge in [-0.2, -0.15) is 0 Å². The van der Waals surface area contributed by atoms with Crippen LogP contribution in [0.25, 0.3) is 0 Å². The van der Waals surface area contributed by atoms with Crippen molar-refractivity contribution in [2.24, 2.45) is 0 Å². The van der Waals surface area contributed by atoms with Gasteiger partial charge in [0.2, 0.25) is 10.0 Å². The van der Waals surface area contributed by atoms with Crippen LogP contribution in [0.15, 0.2) is 0 Å². The molecule has 0 aliphatic heterocycles. The molecule has 0 atom stereocenters. The van der Waals surface area contributed by atoms with Crippen LogP contribution >= 0.6 is 0 Å². The Morgan fingerprint density at radius 1 is 1.00 bits per heavy atom. The number of hydrogen-bond acceptors (Lipinski definition) is 4. The molecule has 0 aliphatic rings. The van der Waals surface area contributed by atoms with Gasteiger partial charge in [0.1, 0.15) is 0 Å². The minimum atomic E-state index is -3.13. The highest BCUT2D eigenvalue weighted by molar-refractivity contribution is 7.88. The van der Waals surface area contributed by atoms with Crippen LogP contribution < -0.4 is 0 Å². The second kappa shape index (κ2) is 6.42. The second-order valence-electron chi connectivity index (χ2n) is 3.99. The van der Waals surface area contributed by atoms with Gasteiger partial charge in [0.25, 0.3) is 0 Å². The third-order valence-electron chi connectivity index (χ3n) is 2.05. The maximum atomic E-state index is 11.5. The summed E-state index contributed by atoms with van der Waals surface area (Å²) in [6, 6.07) is 0. The molecule has 0 saturated carbocycles. The molecule has 0 bridgehead atoms. The van der Waals surface area contributed by atoms with Crippen LogP contribution in [0, 0.1) is 0 Å². The predicted molar refractivity (Wildman–Crippen MR) is 63.0 cm³/mol. The Morgan fingerprint density at radius 3 is 1.87 bits per heavy atom. The number of sulfonamides is 1. The fourth-order valence-corrected chi connectivity index (χ4v) is 2.34. The fourth-order valence-electron chi connectivity index (χ4n) is 1.24. The Morgan fingerprint density at radius 2 is 1.53 bits per heavy atom. The van der Waals surface area contributed by atoms with Gasteiger partial charge in [-0.25, -0.2) is 13.4 Å². The van der Waals surface area contributed by atoms with Crippen molar-refractivity contribution >= 4 is 10.0 Å². The van der Waals surface area contributed by atoms with E-state index in [2.05, 4.69) is 0 Å². The van der Waals surface area contributed by atoms with Crippen LogP contribution in [-0.4, -0.2) is 69.8 Å². The lowest BCUT2D eigenvalue weighted by atomic mass is 10.5. The van der Waals surface area contributed by atoms with Crippen LogP contribution in [0.2, 0.25) is 0 Å². The van der Waals surface area contributed by atoms with Gasteiger partial charge in [0, 0.05) is 26.7 Å². The Kier molecular flexibility index (Phi) is 6.35. The van der Waals surface area contributed by atoms with Crippen molar-refractivity contribution in [3.63, 3.8) is 0 Å². The third-order valence-corrected chi connectivity index (χ3v) is 3.28. The van der Waals surface area contributed by atoms with Crippen molar-refractivity contribution in [3.8, 4) is 0 Å². The van der Waals surface area contributed by atoms with Gasteiger partial charge in [-0.3, -0.25) is 0 Å². The van der Waals surface area contributed by atoms with E-state index < -0.39 is 10.0 Å². The summed E-state index contributed by atoms with van der Waals surface area (Å²) < 4.78 is 24.4. The Labute approximate surface area is 93.7 Å². The fraction of sp³-hybridized carbons (Fsp3) is 1.00. The van der Waals surface area contributed by atoms with Crippen LogP contribution in [0.1, 0.15) is 13.3 Å². The highest BCUT2D eigenvalue weighted by Crippen LogP contribution is 2.03. The van der Waals surface area contributed by atoms with E-state index in [1.807, 2.05) is 25.9 Å². The molecule has 0 radical (unpaired) electrons. The minimum absolute atomic E-state index is 0.544. The molecule has 0 saturated heterocycles. The monoisotopic (exact) mass is 237 g/mol. The van der Waals surface area contributed by atoms with Crippen LogP contribution in [0.3, 0.4) is 0 Å². The zero-order valence-corrected chi connectivity index (χ0v) is 11.2. The van der Waals surface area contributed by atoms with Crippen molar-refractivity contribution in [1.82, 2.24) is 14.3 Å². The van der Waals surface area contributed by atoms with E-state index in [-0.39, 0.29) is 0 Å². The second-order valence-corrected chi connectivity index (χ2v) is 5.88. The smallest absolute Gasteiger partial charge is 0.224 e. The lowest BCUT2D eigenvalue weighted by Crippen LogP contribution is -2.46. The molecule has 0 N–H and O–H groups in total. The molecule has 92 valence electrons. The molecule has 0 aliphatic carbocycles. The number of hydrazine groups is 1. The van der Waals surface area contributed by atoms with E-state index in [0.717, 1.165) is 13.0 Å². The lowest BCUT2D eigenvalue weighted by Gasteiger charge is -2.30. The van der Waals surface area contributed by atoms with Crippen LogP contribution in [-0.2, 0) is 10.0 Å². The van der Waals surface area contributed by atoms with Crippen molar-refractivity contribution < 1.29 is 8.42 Å². The zero-order chi connectivity index (χ0) is 12.1. The Balaban J connectivity index is 4.36. The van der Waals surface area contributed by atoms with Gasteiger partial charge in [-0.15, -0.1) is 4.41 Å². The van der Waals surface area contributed by atoms with E-state index in [9.17, 15) is 8.42 Å². The van der Waals surface area contributed by atoms with E-state index in [1.165, 1.54) is 10.7 Å². The molecule has 0 fully saturated rings. The molecule has 15 heavy (non-hydrogen) atoms. The average Bonchev–Trinajstić information content (AvgIpc) is 2.08. The number of likely N-dealkylation sites (N-methyl/N-ethyl adjacent to an activating group) is 2. The summed E-state index contributed by atoms with van der Waals surface area (Å²) in [5.74, 6) is 0. The van der Waals surface area contributed by atoms with Gasteiger partial charge in [-0.05, 0) is 20.5 Å². The van der Waals surface area contributed by atoms with Gasteiger partial charge in [-0.1, -0.05) is 6.92 Å². The Hall–Kier alpha value is -0.170. The van der Waals surface area contributed by atoms with Gasteiger partial charge in [0.15, 0.2) is 0 Å². The first-order chi connectivity index (χ1) is 6.79.